The highest BCUT2D eigenvalue weighted by Crippen LogP contribution is 2.44. The first-order chi connectivity index (χ1) is 29.3. The van der Waals surface area contributed by atoms with Crippen molar-refractivity contribution in [3.63, 3.8) is 0 Å². The van der Waals surface area contributed by atoms with Crippen molar-refractivity contribution in [2.75, 3.05) is 31.0 Å². The second-order valence-corrected chi connectivity index (χ2v) is 36.7. The van der Waals surface area contributed by atoms with Gasteiger partial charge in [0.1, 0.15) is 0 Å². The zero-order chi connectivity index (χ0) is 46.5. The summed E-state index contributed by atoms with van der Waals surface area (Å²) >= 11 is 4.22. The molecule has 0 amide bonds. The van der Waals surface area contributed by atoms with Gasteiger partial charge in [-0.05, 0) is 134 Å². The van der Waals surface area contributed by atoms with E-state index in [1.54, 1.807) is 19.2 Å². The van der Waals surface area contributed by atoms with Gasteiger partial charge >= 0.3 is 0 Å². The SMILES string of the molecule is C=C1C[C@H](CCC2SCCCS2)O[C@H]1CC[C@H]1C[C@H](C)C(=C)[C@@H](C[C@@H]2O[C@H](CC(CO[Si](C)(C)C(C)(C)C)O[Si](C)(C)C(C)(C)C)[C@@H](OC)[C@H]2CS(=O)(=O)c2ccc(CC)cc2)O1. The summed E-state index contributed by atoms with van der Waals surface area (Å²) in [6.45, 7) is 36.5. The summed E-state index contributed by atoms with van der Waals surface area (Å²) in [5.41, 5.74) is 3.36. The number of methoxy groups -OCH3 is 1. The molecule has 360 valence electrons. The fourth-order valence-corrected chi connectivity index (χ4v) is 16.0. The Kier molecular flexibility index (Phi) is 19.0. The van der Waals surface area contributed by atoms with Gasteiger partial charge in [0.15, 0.2) is 26.5 Å². The molecule has 4 aliphatic rings. The zero-order valence-electron chi connectivity index (χ0n) is 41.5. The van der Waals surface area contributed by atoms with E-state index >= 15 is 0 Å². The minimum Gasteiger partial charge on any atom is -0.414 e. The fraction of sp³-hybridized carbons (Fsp3) is 0.800. The monoisotopic (exact) mass is 967 g/mol. The van der Waals surface area contributed by atoms with Crippen molar-refractivity contribution >= 4 is 50.0 Å². The van der Waals surface area contributed by atoms with Crippen LogP contribution in [-0.2, 0) is 44.1 Å². The molecule has 5 rings (SSSR count). The minimum absolute atomic E-state index is 0.0103. The number of sulfone groups is 1. The van der Waals surface area contributed by atoms with E-state index < -0.39 is 50.7 Å². The predicted octanol–water partition coefficient (Wildman–Crippen LogP) is 12.4. The van der Waals surface area contributed by atoms with E-state index in [1.165, 1.54) is 29.9 Å². The summed E-state index contributed by atoms with van der Waals surface area (Å²) in [5, 5.41) is 0.0294. The molecule has 0 saturated carbocycles. The van der Waals surface area contributed by atoms with Crippen LogP contribution in [-0.4, -0.2) is 109 Å². The molecular weight excluding hydrogens is 881 g/mol. The van der Waals surface area contributed by atoms with Crippen LogP contribution < -0.4 is 0 Å². The van der Waals surface area contributed by atoms with Gasteiger partial charge in [0.05, 0.1) is 70.7 Å². The summed E-state index contributed by atoms with van der Waals surface area (Å²) in [6.07, 6.45) is 7.62. The Morgan fingerprint density at radius 2 is 1.46 bits per heavy atom. The largest absolute Gasteiger partial charge is 0.414 e. The Balaban J connectivity index is 1.35. The summed E-state index contributed by atoms with van der Waals surface area (Å²) in [4.78, 5) is 0.329. The third-order valence-electron chi connectivity index (χ3n) is 15.3. The number of rotatable bonds is 20. The molecule has 0 aromatic heterocycles. The molecule has 4 aliphatic heterocycles. The maximum absolute atomic E-state index is 14.4. The third kappa shape index (κ3) is 14.3. The highest BCUT2D eigenvalue weighted by molar-refractivity contribution is 8.17. The van der Waals surface area contributed by atoms with Gasteiger partial charge in [0.2, 0.25) is 0 Å². The van der Waals surface area contributed by atoms with Gasteiger partial charge in [0, 0.05) is 25.9 Å². The van der Waals surface area contributed by atoms with Gasteiger partial charge < -0.3 is 27.8 Å². The predicted molar refractivity (Wildman–Crippen MR) is 271 cm³/mol. The van der Waals surface area contributed by atoms with Crippen molar-refractivity contribution < 1.29 is 36.2 Å². The Hall–Kier alpha value is -0.456. The first kappa shape index (κ1) is 53.5. The smallest absolute Gasteiger partial charge is 0.192 e. The van der Waals surface area contributed by atoms with E-state index in [0.29, 0.717) is 28.9 Å². The Morgan fingerprint density at radius 3 is 2.06 bits per heavy atom. The standard InChI is InChI=1S/C50H86O8S3Si2/c1-16-37-18-22-41(23-19-37)61(51,52)33-42-45(57-46(48(42)53-11)30-40(58-63(14,15)50(8,9)10)32-54-62(12,13)49(5,6)7)31-44-36(4)34(2)28-38(56-44)20-24-43-35(3)29-39(55-43)21-25-47-59-26-17-27-60-47/h18-19,22-23,34,38-40,42-48H,3-4,16-17,20-21,24-33H2,1-2,5-15H3/t34-,38-,39-,40?,42-,43-,44+,45-,46+,48-/m0/s1. The van der Waals surface area contributed by atoms with E-state index in [0.717, 1.165) is 49.7 Å². The van der Waals surface area contributed by atoms with Crippen LogP contribution in [0.25, 0.3) is 0 Å². The number of benzene rings is 1. The van der Waals surface area contributed by atoms with Crippen molar-refractivity contribution in [3.8, 4) is 0 Å². The Morgan fingerprint density at radius 1 is 0.841 bits per heavy atom. The molecule has 0 bridgehead atoms. The first-order valence-corrected chi connectivity index (χ1v) is 33.6. The van der Waals surface area contributed by atoms with E-state index in [9.17, 15) is 8.42 Å². The van der Waals surface area contributed by atoms with Gasteiger partial charge in [-0.1, -0.05) is 80.7 Å². The van der Waals surface area contributed by atoms with Crippen LogP contribution in [0.5, 0.6) is 0 Å². The van der Waals surface area contributed by atoms with Crippen LogP contribution in [0.4, 0.5) is 0 Å². The van der Waals surface area contributed by atoms with Crippen LogP contribution in [0, 0.1) is 11.8 Å². The molecule has 0 radical (unpaired) electrons. The number of ether oxygens (including phenoxy) is 4. The molecule has 0 N–H and O–H groups in total. The van der Waals surface area contributed by atoms with Crippen LogP contribution in [0.1, 0.15) is 119 Å². The van der Waals surface area contributed by atoms with Gasteiger partial charge in [-0.3, -0.25) is 0 Å². The number of hydrogen-bond donors (Lipinski definition) is 0. The third-order valence-corrected chi connectivity index (χ3v) is 29.3. The Labute approximate surface area is 395 Å². The summed E-state index contributed by atoms with van der Waals surface area (Å²) in [6, 6.07) is 7.33. The average Bonchev–Trinajstić information content (AvgIpc) is 3.73. The molecule has 1 aromatic carbocycles. The molecular formula is C50H86O8S3Si2. The van der Waals surface area contributed by atoms with E-state index in [-0.39, 0.29) is 52.3 Å². The van der Waals surface area contributed by atoms with E-state index in [4.69, 9.17) is 27.8 Å². The van der Waals surface area contributed by atoms with Gasteiger partial charge in [0.25, 0.3) is 0 Å². The molecule has 8 nitrogen and oxygen atoms in total. The van der Waals surface area contributed by atoms with Crippen molar-refractivity contribution in [1.82, 2.24) is 0 Å². The maximum Gasteiger partial charge on any atom is 0.192 e. The maximum atomic E-state index is 14.4. The molecule has 1 aromatic rings. The van der Waals surface area contributed by atoms with Crippen molar-refractivity contribution in [3.05, 3.63) is 54.1 Å². The number of thioether (sulfide) groups is 2. The lowest BCUT2D eigenvalue weighted by Gasteiger charge is -2.42. The summed E-state index contributed by atoms with van der Waals surface area (Å²) < 4.78 is 70.5. The molecule has 0 aliphatic carbocycles. The molecule has 0 spiro atoms. The van der Waals surface area contributed by atoms with Crippen molar-refractivity contribution in [2.45, 2.75) is 214 Å². The quantitative estimate of drug-likeness (QED) is 0.0930. The van der Waals surface area contributed by atoms with Gasteiger partial charge in [-0.2, -0.15) is 0 Å². The molecule has 4 saturated heterocycles. The highest BCUT2D eigenvalue weighted by Gasteiger charge is 2.50. The number of hydrogen-bond acceptors (Lipinski definition) is 10. The molecule has 10 atom stereocenters. The van der Waals surface area contributed by atoms with Gasteiger partial charge in [-0.25, -0.2) is 8.42 Å². The zero-order valence-corrected chi connectivity index (χ0v) is 45.9. The molecule has 63 heavy (non-hydrogen) atoms. The lowest BCUT2D eigenvalue weighted by molar-refractivity contribution is -0.0782. The second kappa shape index (κ2) is 22.3. The van der Waals surface area contributed by atoms with Crippen LogP contribution in [0.15, 0.2) is 53.5 Å². The van der Waals surface area contributed by atoms with E-state index in [1.807, 2.05) is 12.1 Å². The lowest BCUT2D eigenvalue weighted by atomic mass is 9.83. The number of aryl methyl sites for hydroxylation is 1. The van der Waals surface area contributed by atoms with Crippen LogP contribution in [0.2, 0.25) is 36.3 Å². The van der Waals surface area contributed by atoms with Crippen molar-refractivity contribution in [2.24, 2.45) is 11.8 Å². The van der Waals surface area contributed by atoms with Gasteiger partial charge in [-0.15, -0.1) is 23.5 Å². The minimum atomic E-state index is -3.70. The van der Waals surface area contributed by atoms with Crippen LogP contribution in [0.3, 0.4) is 0 Å². The van der Waals surface area contributed by atoms with Crippen molar-refractivity contribution in [1.29, 1.82) is 0 Å². The summed E-state index contributed by atoms with van der Waals surface area (Å²) in [7, 11) is -6.36. The summed E-state index contributed by atoms with van der Waals surface area (Å²) in [5.74, 6) is 2.28. The van der Waals surface area contributed by atoms with Crippen LogP contribution >= 0.6 is 23.5 Å². The molecule has 13 heteroatoms. The highest BCUT2D eigenvalue weighted by atomic mass is 32.2. The lowest BCUT2D eigenvalue weighted by Crippen LogP contribution is -2.49. The average molecular weight is 968 g/mol. The fourth-order valence-electron chi connectivity index (χ4n) is 9.09. The topological polar surface area (TPSA) is 89.5 Å². The Bertz CT molecular complexity index is 1750. The first-order valence-electron chi connectivity index (χ1n) is 24.1. The molecule has 4 heterocycles. The normalized spacial score (nSPS) is 30.0. The van der Waals surface area contributed by atoms with E-state index in [2.05, 4.69) is 118 Å². The molecule has 4 fully saturated rings. The second-order valence-electron chi connectivity index (χ2n) is 22.1. The molecule has 1 unspecified atom stereocenters.